The van der Waals surface area contributed by atoms with Gasteiger partial charge in [0.1, 0.15) is 17.9 Å². The van der Waals surface area contributed by atoms with Crippen molar-refractivity contribution < 1.29 is 9.13 Å². The maximum absolute atomic E-state index is 14.2. The minimum atomic E-state index is -0.247. The third-order valence-corrected chi connectivity index (χ3v) is 5.30. The van der Waals surface area contributed by atoms with E-state index in [4.69, 9.17) is 4.74 Å². The van der Waals surface area contributed by atoms with Crippen molar-refractivity contribution in [3.05, 3.63) is 66.1 Å². The van der Waals surface area contributed by atoms with Crippen LogP contribution in [0.3, 0.4) is 0 Å². The Morgan fingerprint density at radius 2 is 2.07 bits per heavy atom. The average molecular weight is 377 g/mol. The molecule has 4 aromatic rings. The third kappa shape index (κ3) is 2.93. The number of aryl methyl sites for hydroxylation is 1. The molecule has 7 heteroatoms. The molecule has 0 amide bonds. The molecule has 0 N–H and O–H groups in total. The molecule has 6 nitrogen and oxygen atoms in total. The van der Waals surface area contributed by atoms with Crippen LogP contribution in [0.5, 0.6) is 5.75 Å². The second-order valence-corrected chi connectivity index (χ2v) is 7.12. The number of pyridine rings is 1. The van der Waals surface area contributed by atoms with E-state index in [9.17, 15) is 4.39 Å². The molecular formula is C21H20FN5O. The van der Waals surface area contributed by atoms with E-state index in [0.29, 0.717) is 30.2 Å². The Labute approximate surface area is 161 Å². The first kappa shape index (κ1) is 16.9. The lowest BCUT2D eigenvalue weighted by Crippen LogP contribution is -2.03. The zero-order valence-corrected chi connectivity index (χ0v) is 15.5. The van der Waals surface area contributed by atoms with Gasteiger partial charge in [0, 0.05) is 28.6 Å². The fourth-order valence-electron chi connectivity index (χ4n) is 3.63. The van der Waals surface area contributed by atoms with Crippen LogP contribution < -0.4 is 4.74 Å². The van der Waals surface area contributed by atoms with E-state index in [2.05, 4.69) is 21.5 Å². The van der Waals surface area contributed by atoms with Crippen molar-refractivity contribution in [3.8, 4) is 16.9 Å². The van der Waals surface area contributed by atoms with Crippen LogP contribution in [0.1, 0.15) is 30.1 Å². The number of ether oxygens (including phenoxy) is 1. The highest BCUT2D eigenvalue weighted by Gasteiger charge is 2.24. The predicted molar refractivity (Wildman–Crippen MR) is 103 cm³/mol. The Morgan fingerprint density at radius 1 is 1.18 bits per heavy atom. The molecule has 1 aliphatic carbocycles. The molecule has 0 spiro atoms. The third-order valence-electron chi connectivity index (χ3n) is 5.30. The highest BCUT2D eigenvalue weighted by molar-refractivity contribution is 5.76. The Balaban J connectivity index is 1.46. The summed E-state index contributed by atoms with van der Waals surface area (Å²) in [6.07, 6.45) is 9.23. The lowest BCUT2D eigenvalue weighted by Gasteiger charge is -2.11. The first-order chi connectivity index (χ1) is 13.7. The minimum Gasteiger partial charge on any atom is -0.496 e. The molecule has 1 aromatic carbocycles. The van der Waals surface area contributed by atoms with E-state index in [1.54, 1.807) is 25.6 Å². The van der Waals surface area contributed by atoms with Crippen molar-refractivity contribution in [3.63, 3.8) is 0 Å². The first-order valence-electron chi connectivity index (χ1n) is 9.42. The molecule has 0 radical (unpaired) electrons. The number of benzene rings is 1. The molecule has 28 heavy (non-hydrogen) atoms. The van der Waals surface area contributed by atoms with Crippen LogP contribution in [0.25, 0.3) is 16.8 Å². The molecule has 3 heterocycles. The van der Waals surface area contributed by atoms with Crippen molar-refractivity contribution in [1.29, 1.82) is 0 Å². The van der Waals surface area contributed by atoms with Gasteiger partial charge in [-0.3, -0.25) is 9.08 Å². The van der Waals surface area contributed by atoms with Gasteiger partial charge in [-0.25, -0.2) is 4.39 Å². The molecule has 1 saturated carbocycles. The minimum absolute atomic E-state index is 0.247. The van der Waals surface area contributed by atoms with Crippen molar-refractivity contribution in [1.82, 2.24) is 24.4 Å². The molecule has 1 aliphatic rings. The lowest BCUT2D eigenvalue weighted by molar-refractivity contribution is 0.404. The maximum atomic E-state index is 14.2. The van der Waals surface area contributed by atoms with Gasteiger partial charge in [-0.15, -0.1) is 10.2 Å². The number of methoxy groups -OCH3 is 1. The molecule has 0 aliphatic heterocycles. The number of hydrogen-bond donors (Lipinski definition) is 0. The number of fused-ring (bicyclic) bond motifs is 1. The molecule has 1 fully saturated rings. The number of halogens is 1. The summed E-state index contributed by atoms with van der Waals surface area (Å²) in [6, 6.07) is 9.55. The van der Waals surface area contributed by atoms with Gasteiger partial charge in [-0.2, -0.15) is 5.10 Å². The second-order valence-electron chi connectivity index (χ2n) is 7.12. The quantitative estimate of drug-likeness (QED) is 0.512. The lowest BCUT2D eigenvalue weighted by atomic mass is 10.0. The number of rotatable bonds is 6. The van der Waals surface area contributed by atoms with Crippen LogP contribution in [-0.2, 0) is 12.8 Å². The summed E-state index contributed by atoms with van der Waals surface area (Å²) >= 11 is 0. The number of hydrogen-bond acceptors (Lipinski definition) is 4. The van der Waals surface area contributed by atoms with E-state index in [1.165, 1.54) is 18.9 Å². The molecule has 0 bridgehead atoms. The van der Waals surface area contributed by atoms with Crippen LogP contribution in [-0.4, -0.2) is 31.5 Å². The Morgan fingerprint density at radius 3 is 2.89 bits per heavy atom. The SMILES string of the molecule is COc1cccc(F)c1CCc1ccc(-c2cnn(C3CC3)c2)c2nncn12. The normalized spacial score (nSPS) is 13.9. The summed E-state index contributed by atoms with van der Waals surface area (Å²) in [5.74, 6) is 0.326. The van der Waals surface area contributed by atoms with Gasteiger partial charge in [-0.05, 0) is 49.9 Å². The molecule has 142 valence electrons. The van der Waals surface area contributed by atoms with Gasteiger partial charge >= 0.3 is 0 Å². The van der Waals surface area contributed by atoms with Gasteiger partial charge in [0.2, 0.25) is 0 Å². The smallest absolute Gasteiger partial charge is 0.168 e. The van der Waals surface area contributed by atoms with Crippen molar-refractivity contribution >= 4 is 5.65 Å². The van der Waals surface area contributed by atoms with Gasteiger partial charge in [0.25, 0.3) is 0 Å². The summed E-state index contributed by atoms with van der Waals surface area (Å²) < 4.78 is 23.5. The zero-order valence-electron chi connectivity index (χ0n) is 15.5. The predicted octanol–water partition coefficient (Wildman–Crippen LogP) is 3.86. The van der Waals surface area contributed by atoms with Crippen LogP contribution in [0.15, 0.2) is 49.1 Å². The molecule has 0 unspecified atom stereocenters. The molecule has 0 saturated heterocycles. The molecular weight excluding hydrogens is 357 g/mol. The number of nitrogens with zero attached hydrogens (tertiary/aromatic N) is 5. The van der Waals surface area contributed by atoms with E-state index in [0.717, 1.165) is 22.5 Å². The molecule has 0 atom stereocenters. The fraction of sp³-hybridized carbons (Fsp3) is 0.286. The van der Waals surface area contributed by atoms with Gasteiger partial charge in [0.05, 0.1) is 19.3 Å². The number of aromatic nitrogens is 5. The van der Waals surface area contributed by atoms with Gasteiger partial charge < -0.3 is 4.74 Å². The summed E-state index contributed by atoms with van der Waals surface area (Å²) in [4.78, 5) is 0. The van der Waals surface area contributed by atoms with Crippen LogP contribution in [0.4, 0.5) is 4.39 Å². The molecule has 5 rings (SSSR count). The van der Waals surface area contributed by atoms with Gasteiger partial charge in [-0.1, -0.05) is 6.07 Å². The molecule has 3 aromatic heterocycles. The monoisotopic (exact) mass is 377 g/mol. The second kappa shape index (κ2) is 6.74. The topological polar surface area (TPSA) is 57.2 Å². The van der Waals surface area contributed by atoms with E-state index < -0.39 is 0 Å². The highest BCUT2D eigenvalue weighted by atomic mass is 19.1. The van der Waals surface area contributed by atoms with Crippen molar-refractivity contribution in [2.75, 3.05) is 7.11 Å². The fourth-order valence-corrected chi connectivity index (χ4v) is 3.63. The summed E-state index contributed by atoms with van der Waals surface area (Å²) in [5.41, 5.74) is 4.42. The van der Waals surface area contributed by atoms with Crippen molar-refractivity contribution in [2.45, 2.75) is 31.7 Å². The first-order valence-corrected chi connectivity index (χ1v) is 9.42. The van der Waals surface area contributed by atoms with E-state index >= 15 is 0 Å². The highest BCUT2D eigenvalue weighted by Crippen LogP contribution is 2.35. The largest absolute Gasteiger partial charge is 0.496 e. The van der Waals surface area contributed by atoms with Crippen LogP contribution >= 0.6 is 0 Å². The van der Waals surface area contributed by atoms with Crippen LogP contribution in [0.2, 0.25) is 0 Å². The average Bonchev–Trinajstić information content (AvgIpc) is 3.24. The Hall–Kier alpha value is -3.22. The van der Waals surface area contributed by atoms with Gasteiger partial charge in [0.15, 0.2) is 5.65 Å². The maximum Gasteiger partial charge on any atom is 0.168 e. The summed E-state index contributed by atoms with van der Waals surface area (Å²) in [6.45, 7) is 0. The van der Waals surface area contributed by atoms with Crippen LogP contribution in [0, 0.1) is 5.82 Å². The standard InChI is InChI=1S/C21H20FN5O/c1-28-20-4-2-3-19(22)18(20)10-8-15-7-9-17(21-25-23-13-26(15)21)14-11-24-27(12-14)16-5-6-16/h2-4,7,9,11-13,16H,5-6,8,10H2,1H3. The van der Waals surface area contributed by atoms with Crippen molar-refractivity contribution in [2.24, 2.45) is 0 Å². The Kier molecular flexibility index (Phi) is 4.07. The summed E-state index contributed by atoms with van der Waals surface area (Å²) in [5, 5.41) is 12.9. The van der Waals surface area contributed by atoms with E-state index in [-0.39, 0.29) is 5.82 Å². The Bertz CT molecular complexity index is 1140. The zero-order chi connectivity index (χ0) is 19.1. The van der Waals surface area contributed by atoms with E-state index in [1.807, 2.05) is 27.4 Å². The summed E-state index contributed by atoms with van der Waals surface area (Å²) in [7, 11) is 1.56.